The van der Waals surface area contributed by atoms with Gasteiger partial charge in [0.2, 0.25) is 0 Å². The first-order valence-corrected chi connectivity index (χ1v) is 12.0. The molecule has 0 radical (unpaired) electrons. The maximum atomic E-state index is 12.4. The van der Waals surface area contributed by atoms with Crippen LogP contribution in [-0.2, 0) is 11.3 Å². The second-order valence-electron chi connectivity index (χ2n) is 8.83. The summed E-state index contributed by atoms with van der Waals surface area (Å²) in [5.74, 6) is 0. The predicted molar refractivity (Wildman–Crippen MR) is 137 cm³/mol. The van der Waals surface area contributed by atoms with Crippen LogP contribution in [0.15, 0.2) is 84.9 Å². The lowest BCUT2D eigenvalue weighted by molar-refractivity contribution is 0.0496. The highest BCUT2D eigenvalue weighted by atomic mass is 16.6. The van der Waals surface area contributed by atoms with Gasteiger partial charge in [-0.15, -0.1) is 0 Å². The van der Waals surface area contributed by atoms with Crippen LogP contribution in [0.2, 0.25) is 0 Å². The maximum absolute atomic E-state index is 12.4. The van der Waals surface area contributed by atoms with Crippen LogP contribution in [-0.4, -0.2) is 55.2 Å². The molecule has 2 N–H and O–H groups in total. The molecule has 4 rings (SSSR count). The molecule has 0 aromatic heterocycles. The quantitative estimate of drug-likeness (QED) is 0.442. The van der Waals surface area contributed by atoms with Crippen molar-refractivity contribution in [2.45, 2.75) is 25.5 Å². The van der Waals surface area contributed by atoms with Crippen molar-refractivity contribution in [1.29, 1.82) is 0 Å². The topological polar surface area (TPSA) is 56.8 Å². The highest BCUT2D eigenvalue weighted by Gasteiger charge is 2.22. The molecule has 6 heteroatoms. The number of hydrogen-bond donors (Lipinski definition) is 2. The van der Waals surface area contributed by atoms with Crippen molar-refractivity contribution in [1.82, 2.24) is 15.2 Å². The number of anilines is 1. The lowest BCUT2D eigenvalue weighted by Gasteiger charge is -2.32. The van der Waals surface area contributed by atoms with E-state index in [1.807, 2.05) is 54.6 Å². The number of rotatable bonds is 9. The number of likely N-dealkylation sites (N-methyl/N-ethyl adjacent to an activating group) is 1. The number of nitrogens with zero attached hydrogens (tertiary/aromatic N) is 2. The molecule has 0 unspecified atom stereocenters. The largest absolute Gasteiger partial charge is 0.445 e. The summed E-state index contributed by atoms with van der Waals surface area (Å²) in [6.07, 6.45) is 1.22. The molecule has 0 aliphatic carbocycles. The van der Waals surface area contributed by atoms with E-state index in [1.165, 1.54) is 5.56 Å². The second-order valence-corrected chi connectivity index (χ2v) is 8.83. The number of para-hydroxylation sites is 1. The van der Waals surface area contributed by atoms with E-state index in [2.05, 4.69) is 58.0 Å². The fourth-order valence-electron chi connectivity index (χ4n) is 4.30. The van der Waals surface area contributed by atoms with Crippen LogP contribution in [0.1, 0.15) is 18.4 Å². The predicted octanol–water partition coefficient (Wildman–Crippen LogP) is 5.00. The SMILES string of the molecule is CN(CCN1CCC(OC(=O)NNc2ccccc2-c2ccccc2)CC1)Cc1ccccc1. The van der Waals surface area contributed by atoms with Gasteiger partial charge in [0.1, 0.15) is 6.10 Å². The summed E-state index contributed by atoms with van der Waals surface area (Å²) in [7, 11) is 2.16. The molecule has 3 aromatic rings. The Hall–Kier alpha value is -3.35. The molecule has 1 aliphatic rings. The Morgan fingerprint density at radius 3 is 2.32 bits per heavy atom. The van der Waals surface area contributed by atoms with Gasteiger partial charge in [-0.1, -0.05) is 78.9 Å². The Bertz CT molecular complexity index is 1020. The van der Waals surface area contributed by atoms with Gasteiger partial charge in [0.25, 0.3) is 0 Å². The monoisotopic (exact) mass is 458 g/mol. The molecule has 6 nitrogen and oxygen atoms in total. The molecule has 0 saturated carbocycles. The van der Waals surface area contributed by atoms with Crippen molar-refractivity contribution >= 4 is 11.8 Å². The molecule has 1 fully saturated rings. The maximum Gasteiger partial charge on any atom is 0.426 e. The van der Waals surface area contributed by atoms with Crippen molar-refractivity contribution in [3.05, 3.63) is 90.5 Å². The third-order valence-electron chi connectivity index (χ3n) is 6.21. The van der Waals surface area contributed by atoms with Gasteiger partial charge in [0, 0.05) is 38.3 Å². The number of benzene rings is 3. The zero-order valence-electron chi connectivity index (χ0n) is 19.8. The molecule has 0 bridgehead atoms. The molecule has 1 heterocycles. The zero-order chi connectivity index (χ0) is 23.6. The third-order valence-corrected chi connectivity index (χ3v) is 6.21. The average molecular weight is 459 g/mol. The molecule has 0 spiro atoms. The van der Waals surface area contributed by atoms with Crippen molar-refractivity contribution in [3.63, 3.8) is 0 Å². The molecule has 1 saturated heterocycles. The second kappa shape index (κ2) is 12.2. The lowest BCUT2D eigenvalue weighted by atomic mass is 10.0. The Morgan fingerprint density at radius 2 is 1.59 bits per heavy atom. The standard InChI is InChI=1S/C28H34N4O2/c1-31(22-23-10-4-2-5-11-23)20-21-32-18-16-25(17-19-32)34-28(33)30-29-27-15-9-8-14-26(27)24-12-6-3-7-13-24/h2-15,25,29H,16-22H2,1H3,(H,30,33). The summed E-state index contributed by atoms with van der Waals surface area (Å²) in [6.45, 7) is 4.90. The molecular weight excluding hydrogens is 424 g/mol. The number of carbonyl (C=O) groups is 1. The fraction of sp³-hybridized carbons (Fsp3) is 0.321. The molecule has 3 aromatic carbocycles. The Kier molecular flexibility index (Phi) is 8.54. The first kappa shape index (κ1) is 23.8. The van der Waals surface area contributed by atoms with E-state index in [9.17, 15) is 4.79 Å². The number of nitrogens with one attached hydrogen (secondary N) is 2. The van der Waals surface area contributed by atoms with Crippen molar-refractivity contribution in [2.24, 2.45) is 0 Å². The highest BCUT2D eigenvalue weighted by molar-refractivity contribution is 5.79. The third kappa shape index (κ3) is 7.07. The molecule has 1 amide bonds. The van der Waals surface area contributed by atoms with Gasteiger partial charge in [0.05, 0.1) is 5.69 Å². The first-order valence-electron chi connectivity index (χ1n) is 12.0. The van der Waals surface area contributed by atoms with E-state index in [4.69, 9.17) is 4.74 Å². The minimum Gasteiger partial charge on any atom is -0.445 e. The highest BCUT2D eigenvalue weighted by Crippen LogP contribution is 2.27. The van der Waals surface area contributed by atoms with Crippen LogP contribution >= 0.6 is 0 Å². The van der Waals surface area contributed by atoms with Gasteiger partial charge in [-0.05, 0) is 37.1 Å². The number of carbonyl (C=O) groups excluding carboxylic acids is 1. The van der Waals surface area contributed by atoms with Crippen molar-refractivity contribution in [2.75, 3.05) is 38.7 Å². The van der Waals surface area contributed by atoms with Gasteiger partial charge in [-0.2, -0.15) is 0 Å². The number of piperidine rings is 1. The van der Waals surface area contributed by atoms with Gasteiger partial charge >= 0.3 is 6.09 Å². The summed E-state index contributed by atoms with van der Waals surface area (Å²) < 4.78 is 5.66. The van der Waals surface area contributed by atoms with Crippen molar-refractivity contribution in [3.8, 4) is 11.1 Å². The van der Waals surface area contributed by atoms with Gasteiger partial charge in [-0.25, -0.2) is 10.2 Å². The molecular formula is C28H34N4O2. The summed E-state index contributed by atoms with van der Waals surface area (Å²) in [5.41, 5.74) is 10.00. The number of hydrazine groups is 1. The van der Waals surface area contributed by atoms with Crippen LogP contribution in [0.3, 0.4) is 0 Å². The van der Waals surface area contributed by atoms with Crippen LogP contribution in [0, 0.1) is 0 Å². The van der Waals surface area contributed by atoms with Crippen LogP contribution in [0.4, 0.5) is 10.5 Å². The molecule has 178 valence electrons. The van der Waals surface area contributed by atoms with E-state index >= 15 is 0 Å². The Balaban J connectivity index is 1.16. The van der Waals surface area contributed by atoms with E-state index in [0.29, 0.717) is 0 Å². The first-order chi connectivity index (χ1) is 16.7. The normalized spacial score (nSPS) is 14.6. The van der Waals surface area contributed by atoms with Gasteiger partial charge in [0.15, 0.2) is 0 Å². The van der Waals surface area contributed by atoms with E-state index < -0.39 is 6.09 Å². The van der Waals surface area contributed by atoms with E-state index in [0.717, 1.165) is 62.4 Å². The minimum absolute atomic E-state index is 0.0514. The molecule has 0 atom stereocenters. The van der Waals surface area contributed by atoms with Crippen LogP contribution < -0.4 is 10.9 Å². The summed E-state index contributed by atoms with van der Waals surface area (Å²) in [5, 5.41) is 0. The minimum atomic E-state index is -0.441. The molecule has 34 heavy (non-hydrogen) atoms. The van der Waals surface area contributed by atoms with E-state index in [-0.39, 0.29) is 6.10 Å². The summed E-state index contributed by atoms with van der Waals surface area (Å²) in [6, 6.07) is 28.5. The summed E-state index contributed by atoms with van der Waals surface area (Å²) in [4.78, 5) is 17.2. The molecule has 1 aliphatic heterocycles. The Morgan fingerprint density at radius 1 is 0.941 bits per heavy atom. The number of ether oxygens (including phenoxy) is 1. The van der Waals surface area contributed by atoms with Crippen LogP contribution in [0.5, 0.6) is 0 Å². The van der Waals surface area contributed by atoms with Gasteiger partial charge < -0.3 is 14.5 Å². The Labute approximate surface area is 202 Å². The fourth-order valence-corrected chi connectivity index (χ4v) is 4.30. The lowest BCUT2D eigenvalue weighted by Crippen LogP contribution is -2.42. The summed E-state index contributed by atoms with van der Waals surface area (Å²) >= 11 is 0. The smallest absolute Gasteiger partial charge is 0.426 e. The number of hydrogen-bond acceptors (Lipinski definition) is 5. The van der Waals surface area contributed by atoms with Crippen molar-refractivity contribution < 1.29 is 9.53 Å². The number of likely N-dealkylation sites (tertiary alicyclic amines) is 1. The zero-order valence-corrected chi connectivity index (χ0v) is 19.8. The van der Waals surface area contributed by atoms with Crippen LogP contribution in [0.25, 0.3) is 11.1 Å². The average Bonchev–Trinajstić information content (AvgIpc) is 2.88. The number of amides is 1. The van der Waals surface area contributed by atoms with E-state index in [1.54, 1.807) is 0 Å². The van der Waals surface area contributed by atoms with Gasteiger partial charge in [-0.3, -0.25) is 5.43 Å².